The molecular formula is C21H16FN3O2S. The van der Waals surface area contributed by atoms with Gasteiger partial charge < -0.3 is 4.74 Å². The topological polar surface area (TPSA) is 64.1 Å². The Morgan fingerprint density at radius 3 is 2.79 bits per heavy atom. The van der Waals surface area contributed by atoms with Gasteiger partial charge >= 0.3 is 0 Å². The summed E-state index contributed by atoms with van der Waals surface area (Å²) in [7, 11) is 1.52. The van der Waals surface area contributed by atoms with Crippen molar-refractivity contribution in [2.75, 3.05) is 12.4 Å². The zero-order chi connectivity index (χ0) is 19.7. The van der Waals surface area contributed by atoms with Crippen LogP contribution in [0, 0.1) is 12.7 Å². The lowest BCUT2D eigenvalue weighted by Gasteiger charge is -2.08. The molecule has 0 aliphatic carbocycles. The fraction of sp³-hybridized carbons (Fsp3) is 0.0952. The first-order chi connectivity index (χ1) is 13.5. The SMILES string of the molecule is COc1ccc(F)cc1-c1csc(NC(=O)c2cc(C)nc3ccccc23)n1. The van der Waals surface area contributed by atoms with Gasteiger partial charge in [0.15, 0.2) is 5.13 Å². The normalized spacial score (nSPS) is 10.8. The lowest BCUT2D eigenvalue weighted by atomic mass is 10.1. The maximum Gasteiger partial charge on any atom is 0.258 e. The molecule has 2 aromatic heterocycles. The van der Waals surface area contributed by atoms with Crippen LogP contribution in [0.3, 0.4) is 0 Å². The van der Waals surface area contributed by atoms with Gasteiger partial charge in [0.2, 0.25) is 0 Å². The molecule has 4 rings (SSSR count). The van der Waals surface area contributed by atoms with Crippen LogP contribution in [0.2, 0.25) is 0 Å². The second-order valence-corrected chi connectivity index (χ2v) is 7.02. The molecule has 0 radical (unpaired) electrons. The van der Waals surface area contributed by atoms with Crippen LogP contribution in [-0.2, 0) is 0 Å². The summed E-state index contributed by atoms with van der Waals surface area (Å²) in [6.45, 7) is 1.85. The number of pyridine rings is 1. The molecule has 0 aliphatic rings. The van der Waals surface area contributed by atoms with Gasteiger partial charge in [-0.15, -0.1) is 11.3 Å². The van der Waals surface area contributed by atoms with Crippen molar-refractivity contribution in [1.82, 2.24) is 9.97 Å². The lowest BCUT2D eigenvalue weighted by molar-refractivity contribution is 0.102. The largest absolute Gasteiger partial charge is 0.496 e. The van der Waals surface area contributed by atoms with E-state index >= 15 is 0 Å². The number of carbonyl (C=O) groups excluding carboxylic acids is 1. The number of methoxy groups -OCH3 is 1. The smallest absolute Gasteiger partial charge is 0.258 e. The molecule has 140 valence electrons. The molecule has 5 nitrogen and oxygen atoms in total. The minimum absolute atomic E-state index is 0.270. The highest BCUT2D eigenvalue weighted by molar-refractivity contribution is 7.14. The van der Waals surface area contributed by atoms with Crippen LogP contribution in [-0.4, -0.2) is 23.0 Å². The molecule has 0 aliphatic heterocycles. The van der Waals surface area contributed by atoms with Crippen LogP contribution in [0.15, 0.2) is 53.9 Å². The van der Waals surface area contributed by atoms with Crippen molar-refractivity contribution in [1.29, 1.82) is 0 Å². The molecule has 2 heterocycles. The van der Waals surface area contributed by atoms with Crippen molar-refractivity contribution in [3.63, 3.8) is 0 Å². The average molecular weight is 393 g/mol. The molecule has 4 aromatic rings. The number of para-hydroxylation sites is 1. The molecule has 0 spiro atoms. The van der Waals surface area contributed by atoms with E-state index in [0.717, 1.165) is 16.6 Å². The number of nitrogens with zero attached hydrogens (tertiary/aromatic N) is 2. The molecular weight excluding hydrogens is 377 g/mol. The second-order valence-electron chi connectivity index (χ2n) is 6.16. The molecule has 1 amide bonds. The molecule has 0 atom stereocenters. The van der Waals surface area contributed by atoms with Gasteiger partial charge in [0.05, 0.1) is 23.9 Å². The number of amides is 1. The van der Waals surface area contributed by atoms with Crippen LogP contribution in [0.25, 0.3) is 22.2 Å². The monoisotopic (exact) mass is 393 g/mol. The first-order valence-electron chi connectivity index (χ1n) is 8.52. The number of aromatic nitrogens is 2. The number of carbonyl (C=O) groups is 1. The number of halogens is 1. The molecule has 0 saturated heterocycles. The Kier molecular flexibility index (Phi) is 4.75. The van der Waals surface area contributed by atoms with Gasteiger partial charge in [-0.25, -0.2) is 9.37 Å². The number of benzene rings is 2. The first kappa shape index (κ1) is 18.1. The summed E-state index contributed by atoms with van der Waals surface area (Å²) >= 11 is 1.27. The Hall–Kier alpha value is -3.32. The van der Waals surface area contributed by atoms with E-state index in [9.17, 15) is 9.18 Å². The molecule has 0 fully saturated rings. The van der Waals surface area contributed by atoms with E-state index in [4.69, 9.17) is 4.74 Å². The minimum atomic E-state index is -0.381. The summed E-state index contributed by atoms with van der Waals surface area (Å²) in [5.74, 6) is -0.137. The van der Waals surface area contributed by atoms with Crippen LogP contribution in [0.5, 0.6) is 5.75 Å². The Balaban J connectivity index is 1.65. The van der Waals surface area contributed by atoms with E-state index in [1.54, 1.807) is 17.5 Å². The third kappa shape index (κ3) is 3.44. The van der Waals surface area contributed by atoms with Gasteiger partial charge in [0.25, 0.3) is 5.91 Å². The first-order valence-corrected chi connectivity index (χ1v) is 9.40. The average Bonchev–Trinajstić information content (AvgIpc) is 3.15. The van der Waals surface area contributed by atoms with E-state index in [2.05, 4.69) is 15.3 Å². The van der Waals surface area contributed by atoms with E-state index < -0.39 is 0 Å². The summed E-state index contributed by atoms with van der Waals surface area (Å²) in [6, 6.07) is 13.5. The van der Waals surface area contributed by atoms with Crippen LogP contribution in [0.1, 0.15) is 16.1 Å². The maximum absolute atomic E-state index is 13.6. The molecule has 0 unspecified atom stereocenters. The Bertz CT molecular complexity index is 1190. The van der Waals surface area contributed by atoms with Crippen molar-refractivity contribution < 1.29 is 13.9 Å². The van der Waals surface area contributed by atoms with Crippen molar-refractivity contribution in [3.05, 3.63) is 71.0 Å². The summed E-state index contributed by atoms with van der Waals surface area (Å²) in [5.41, 5.74) is 3.12. The van der Waals surface area contributed by atoms with Crippen LogP contribution < -0.4 is 10.1 Å². The standard InChI is InChI=1S/C21H16FN3O2S/c1-12-9-15(14-5-3-4-6-17(14)23-12)20(26)25-21-24-18(11-28-21)16-10-13(22)7-8-19(16)27-2/h3-11H,1-2H3,(H,24,25,26). The molecule has 1 N–H and O–H groups in total. The van der Waals surface area contributed by atoms with Crippen molar-refractivity contribution in [2.45, 2.75) is 6.92 Å². The number of anilines is 1. The summed E-state index contributed by atoms with van der Waals surface area (Å²) in [4.78, 5) is 21.7. The predicted octanol–water partition coefficient (Wildman–Crippen LogP) is 5.07. The molecule has 0 saturated carbocycles. The molecule has 2 aromatic carbocycles. The minimum Gasteiger partial charge on any atom is -0.496 e. The third-order valence-corrected chi connectivity index (χ3v) is 5.01. The van der Waals surface area contributed by atoms with Gasteiger partial charge in [-0.3, -0.25) is 15.1 Å². The van der Waals surface area contributed by atoms with Gasteiger partial charge in [0, 0.05) is 22.0 Å². The van der Waals surface area contributed by atoms with E-state index in [-0.39, 0.29) is 11.7 Å². The third-order valence-electron chi connectivity index (χ3n) is 4.25. The Morgan fingerprint density at radius 1 is 1.14 bits per heavy atom. The Morgan fingerprint density at radius 2 is 1.96 bits per heavy atom. The number of ether oxygens (including phenoxy) is 1. The number of hydrogen-bond acceptors (Lipinski definition) is 5. The quantitative estimate of drug-likeness (QED) is 0.526. The highest BCUT2D eigenvalue weighted by Gasteiger charge is 2.16. The molecule has 28 heavy (non-hydrogen) atoms. The number of aryl methyl sites for hydroxylation is 1. The fourth-order valence-electron chi connectivity index (χ4n) is 3.00. The summed E-state index contributed by atoms with van der Waals surface area (Å²) in [6.07, 6.45) is 0. The van der Waals surface area contributed by atoms with Gasteiger partial charge in [-0.2, -0.15) is 0 Å². The fourth-order valence-corrected chi connectivity index (χ4v) is 3.70. The summed E-state index contributed by atoms with van der Waals surface area (Å²) < 4.78 is 18.9. The summed E-state index contributed by atoms with van der Waals surface area (Å²) in [5, 5.41) is 5.77. The van der Waals surface area contributed by atoms with Gasteiger partial charge in [0.1, 0.15) is 11.6 Å². The number of thiazole rings is 1. The van der Waals surface area contributed by atoms with E-state index in [1.165, 1.54) is 30.6 Å². The number of fused-ring (bicyclic) bond motifs is 1. The van der Waals surface area contributed by atoms with E-state index in [0.29, 0.717) is 27.7 Å². The molecule has 0 bridgehead atoms. The van der Waals surface area contributed by atoms with Crippen LogP contribution in [0.4, 0.5) is 9.52 Å². The van der Waals surface area contributed by atoms with Crippen LogP contribution >= 0.6 is 11.3 Å². The van der Waals surface area contributed by atoms with Crippen molar-refractivity contribution >= 4 is 33.3 Å². The maximum atomic E-state index is 13.6. The van der Waals surface area contributed by atoms with Gasteiger partial charge in [-0.1, -0.05) is 18.2 Å². The van der Waals surface area contributed by atoms with Crippen molar-refractivity contribution in [2.24, 2.45) is 0 Å². The second kappa shape index (κ2) is 7.36. The van der Waals surface area contributed by atoms with Crippen molar-refractivity contribution in [3.8, 4) is 17.0 Å². The lowest BCUT2D eigenvalue weighted by Crippen LogP contribution is -2.13. The van der Waals surface area contributed by atoms with E-state index in [1.807, 2.05) is 31.2 Å². The van der Waals surface area contributed by atoms with Gasteiger partial charge in [-0.05, 0) is 37.3 Å². The number of hydrogen-bond donors (Lipinski definition) is 1. The zero-order valence-electron chi connectivity index (χ0n) is 15.2. The highest BCUT2D eigenvalue weighted by Crippen LogP contribution is 2.33. The number of nitrogens with one attached hydrogen (secondary N) is 1. The zero-order valence-corrected chi connectivity index (χ0v) is 16.0. The molecule has 7 heteroatoms. The highest BCUT2D eigenvalue weighted by atomic mass is 32.1. The predicted molar refractivity (Wildman–Crippen MR) is 108 cm³/mol. The number of rotatable bonds is 4. The Labute approximate surface area is 164 Å².